The molecule has 0 heterocycles. The molecule has 0 spiro atoms. The van der Waals surface area contributed by atoms with Gasteiger partial charge in [-0.15, -0.1) is 0 Å². The first-order valence-electron chi connectivity index (χ1n) is 8.73. The third-order valence-electron chi connectivity index (χ3n) is 3.59. The summed E-state index contributed by atoms with van der Waals surface area (Å²) in [5.74, 6) is 0. The van der Waals surface area contributed by atoms with Crippen LogP contribution in [0.5, 0.6) is 0 Å². The summed E-state index contributed by atoms with van der Waals surface area (Å²) < 4.78 is 5.33. The van der Waals surface area contributed by atoms with E-state index in [1.54, 1.807) is 11.8 Å². The zero-order valence-electron chi connectivity index (χ0n) is 16.5. The first-order valence-corrected chi connectivity index (χ1v) is 10.3. The minimum atomic E-state index is -0.490. The van der Waals surface area contributed by atoms with Crippen molar-refractivity contribution in [2.24, 2.45) is 4.99 Å². The van der Waals surface area contributed by atoms with E-state index >= 15 is 0 Å². The van der Waals surface area contributed by atoms with Crippen LogP contribution in [0.15, 0.2) is 29.3 Å². The monoisotopic (exact) mass is 399 g/mol. The summed E-state index contributed by atoms with van der Waals surface area (Å²) in [4.78, 5) is 18.7. The Morgan fingerprint density at radius 2 is 1.96 bits per heavy atom. The van der Waals surface area contributed by atoms with Crippen molar-refractivity contribution in [2.45, 2.75) is 52.2 Å². The molecular formula is C19H30ClN3O2S. The normalized spacial score (nSPS) is 13.3. The van der Waals surface area contributed by atoms with Gasteiger partial charge in [0, 0.05) is 24.7 Å². The first-order chi connectivity index (χ1) is 12.1. The standard InChI is InChI=1S/C19H30ClN3O2S/c1-7-15(22-18(24)25-19(2,3)4)12-13-23(5)17(26-6)21-16-10-8-14(20)9-11-16/h8-11,15H,7,12-13H2,1-6H3,(H,22,24)/b21-17-. The number of carbonyl (C=O) groups excluding carboxylic acids is 1. The second kappa shape index (κ2) is 10.7. The Labute approximate surface area is 166 Å². The van der Waals surface area contributed by atoms with Crippen LogP contribution in [-0.4, -0.2) is 47.7 Å². The van der Waals surface area contributed by atoms with Crippen LogP contribution in [0, 0.1) is 0 Å². The van der Waals surface area contributed by atoms with Gasteiger partial charge in [-0.3, -0.25) is 0 Å². The number of amides is 1. The molecule has 0 bridgehead atoms. The average Bonchev–Trinajstić information content (AvgIpc) is 2.56. The predicted molar refractivity (Wildman–Crippen MR) is 113 cm³/mol. The first kappa shape index (κ1) is 22.6. The van der Waals surface area contributed by atoms with Crippen LogP contribution in [0.25, 0.3) is 0 Å². The van der Waals surface area contributed by atoms with E-state index in [0.29, 0.717) is 5.02 Å². The highest BCUT2D eigenvalue weighted by Gasteiger charge is 2.19. The quantitative estimate of drug-likeness (QED) is 0.519. The van der Waals surface area contributed by atoms with Gasteiger partial charge in [-0.1, -0.05) is 30.3 Å². The van der Waals surface area contributed by atoms with Gasteiger partial charge >= 0.3 is 6.09 Å². The third kappa shape index (κ3) is 8.81. The SMILES string of the molecule is CCC(CCN(C)/C(=N/c1ccc(Cl)cc1)SC)NC(=O)OC(C)(C)C. The number of benzene rings is 1. The number of nitrogens with zero attached hydrogens (tertiary/aromatic N) is 2. The number of aliphatic imine (C=N–C) groups is 1. The van der Waals surface area contributed by atoms with E-state index in [-0.39, 0.29) is 12.1 Å². The molecule has 0 radical (unpaired) electrons. The lowest BCUT2D eigenvalue weighted by Crippen LogP contribution is -2.40. The van der Waals surface area contributed by atoms with Crippen molar-refractivity contribution in [1.29, 1.82) is 0 Å². The summed E-state index contributed by atoms with van der Waals surface area (Å²) in [7, 11) is 2.01. The maximum atomic E-state index is 11.9. The van der Waals surface area contributed by atoms with E-state index in [1.165, 1.54) is 0 Å². The molecule has 0 aliphatic carbocycles. The molecule has 146 valence electrons. The molecule has 7 heteroatoms. The van der Waals surface area contributed by atoms with E-state index in [1.807, 2.05) is 58.3 Å². The number of thioether (sulfide) groups is 1. The number of ether oxygens (including phenoxy) is 1. The third-order valence-corrected chi connectivity index (χ3v) is 4.61. The predicted octanol–water partition coefficient (Wildman–Crippen LogP) is 5.32. The number of alkyl carbamates (subject to hydrolysis) is 1. The molecule has 0 saturated heterocycles. The Balaban J connectivity index is 2.61. The van der Waals surface area contributed by atoms with E-state index < -0.39 is 5.60 Å². The van der Waals surface area contributed by atoms with Gasteiger partial charge in [0.25, 0.3) is 0 Å². The van der Waals surface area contributed by atoms with Gasteiger partial charge in [0.1, 0.15) is 5.60 Å². The molecule has 1 amide bonds. The number of carbonyl (C=O) groups is 1. The highest BCUT2D eigenvalue weighted by molar-refractivity contribution is 8.13. The van der Waals surface area contributed by atoms with E-state index in [4.69, 9.17) is 16.3 Å². The van der Waals surface area contributed by atoms with Crippen molar-refractivity contribution in [3.8, 4) is 0 Å². The number of amidine groups is 1. The van der Waals surface area contributed by atoms with Gasteiger partial charge in [-0.2, -0.15) is 0 Å². The summed E-state index contributed by atoms with van der Waals surface area (Å²) in [6.45, 7) is 8.42. The molecule has 0 saturated carbocycles. The van der Waals surface area contributed by atoms with Gasteiger partial charge in [-0.05, 0) is 64.1 Å². The molecule has 0 aliphatic heterocycles. The number of rotatable bonds is 6. The fourth-order valence-corrected chi connectivity index (χ4v) is 2.94. The van der Waals surface area contributed by atoms with Crippen LogP contribution in [-0.2, 0) is 4.74 Å². The number of hydrogen-bond donors (Lipinski definition) is 1. The lowest BCUT2D eigenvalue weighted by molar-refractivity contribution is 0.0499. The number of nitrogens with one attached hydrogen (secondary N) is 1. The van der Waals surface area contributed by atoms with E-state index in [9.17, 15) is 4.79 Å². The molecule has 5 nitrogen and oxygen atoms in total. The average molecular weight is 400 g/mol. The Morgan fingerprint density at radius 1 is 1.35 bits per heavy atom. The number of halogens is 1. The summed E-state index contributed by atoms with van der Waals surface area (Å²) in [6.07, 6.45) is 3.29. The fraction of sp³-hybridized carbons (Fsp3) is 0.579. The molecule has 0 aliphatic rings. The molecule has 1 aromatic rings. The van der Waals surface area contributed by atoms with E-state index in [0.717, 1.165) is 30.2 Å². The van der Waals surface area contributed by atoms with E-state index in [2.05, 4.69) is 22.1 Å². The van der Waals surface area contributed by atoms with Crippen molar-refractivity contribution in [3.05, 3.63) is 29.3 Å². The van der Waals surface area contributed by atoms with Crippen molar-refractivity contribution < 1.29 is 9.53 Å². The van der Waals surface area contributed by atoms with Gasteiger partial charge in [0.15, 0.2) is 5.17 Å². The summed E-state index contributed by atoms with van der Waals surface area (Å²) in [5.41, 5.74) is 0.376. The lowest BCUT2D eigenvalue weighted by atomic mass is 10.1. The van der Waals surface area contributed by atoms with Crippen molar-refractivity contribution in [1.82, 2.24) is 10.2 Å². The number of hydrogen-bond acceptors (Lipinski definition) is 4. The van der Waals surface area contributed by atoms with Crippen LogP contribution >= 0.6 is 23.4 Å². The summed E-state index contributed by atoms with van der Waals surface area (Å²) in [5, 5.41) is 4.55. The van der Waals surface area contributed by atoms with Gasteiger partial charge < -0.3 is 15.0 Å². The van der Waals surface area contributed by atoms with Gasteiger partial charge in [0.2, 0.25) is 0 Å². The summed E-state index contributed by atoms with van der Waals surface area (Å²) >= 11 is 7.51. The Hall–Kier alpha value is -1.40. The Morgan fingerprint density at radius 3 is 2.46 bits per heavy atom. The highest BCUT2D eigenvalue weighted by Crippen LogP contribution is 2.19. The van der Waals surface area contributed by atoms with Crippen LogP contribution in [0.3, 0.4) is 0 Å². The largest absolute Gasteiger partial charge is 0.444 e. The second-order valence-corrected chi connectivity index (χ2v) is 8.25. The van der Waals surface area contributed by atoms with Crippen molar-refractivity contribution >= 4 is 40.3 Å². The zero-order valence-corrected chi connectivity index (χ0v) is 18.1. The summed E-state index contributed by atoms with van der Waals surface area (Å²) in [6, 6.07) is 7.51. The van der Waals surface area contributed by atoms with Crippen LogP contribution < -0.4 is 5.32 Å². The molecule has 1 atom stereocenters. The van der Waals surface area contributed by atoms with Crippen LogP contribution in [0.1, 0.15) is 40.5 Å². The van der Waals surface area contributed by atoms with Gasteiger partial charge in [-0.25, -0.2) is 9.79 Å². The minimum absolute atomic E-state index is 0.0611. The smallest absolute Gasteiger partial charge is 0.407 e. The lowest BCUT2D eigenvalue weighted by Gasteiger charge is -2.25. The Kier molecular flexibility index (Phi) is 9.30. The second-order valence-electron chi connectivity index (χ2n) is 7.04. The molecule has 0 fully saturated rings. The van der Waals surface area contributed by atoms with Crippen molar-refractivity contribution in [3.63, 3.8) is 0 Å². The minimum Gasteiger partial charge on any atom is -0.444 e. The molecule has 1 rings (SSSR count). The molecule has 0 aromatic heterocycles. The maximum absolute atomic E-state index is 11.9. The van der Waals surface area contributed by atoms with Gasteiger partial charge in [0.05, 0.1) is 5.69 Å². The molecule has 1 aromatic carbocycles. The topological polar surface area (TPSA) is 53.9 Å². The molecular weight excluding hydrogens is 370 g/mol. The fourth-order valence-electron chi connectivity index (χ4n) is 2.21. The maximum Gasteiger partial charge on any atom is 0.407 e. The van der Waals surface area contributed by atoms with Crippen LogP contribution in [0.2, 0.25) is 5.02 Å². The molecule has 1 unspecified atom stereocenters. The zero-order chi connectivity index (χ0) is 19.7. The van der Waals surface area contributed by atoms with Crippen molar-refractivity contribution in [2.75, 3.05) is 19.8 Å². The highest BCUT2D eigenvalue weighted by atomic mass is 35.5. The molecule has 1 N–H and O–H groups in total. The molecule has 26 heavy (non-hydrogen) atoms. The Bertz CT molecular complexity index is 600. The van der Waals surface area contributed by atoms with Crippen LogP contribution in [0.4, 0.5) is 10.5 Å².